The molecule has 1 rings (SSSR count). The molecule has 1 aromatic carbocycles. The molecule has 0 aliphatic rings. The Bertz CT molecular complexity index is 360. The Morgan fingerprint density at radius 1 is 1.60 bits per heavy atom. The maximum Gasteiger partial charge on any atom is 0.293 e. The van der Waals surface area contributed by atoms with Crippen LogP contribution in [0, 0.1) is 10.1 Å². The number of nitro benzene ring substituents is 1. The molecule has 0 heterocycles. The lowest BCUT2D eigenvalue weighted by atomic mass is 10.2. The number of thioether (sulfide) groups is 1. The van der Waals surface area contributed by atoms with E-state index in [4.69, 9.17) is 0 Å². The van der Waals surface area contributed by atoms with Crippen LogP contribution in [0.25, 0.3) is 0 Å². The van der Waals surface area contributed by atoms with Crippen molar-refractivity contribution in [3.8, 4) is 0 Å². The van der Waals surface area contributed by atoms with Gasteiger partial charge in [-0.25, -0.2) is 0 Å². The number of halogens is 1. The van der Waals surface area contributed by atoms with E-state index < -0.39 is 0 Å². The van der Waals surface area contributed by atoms with Gasteiger partial charge in [0.15, 0.2) is 0 Å². The Morgan fingerprint density at radius 2 is 2.33 bits per heavy atom. The third kappa shape index (κ3) is 3.71. The van der Waals surface area contributed by atoms with E-state index in [0.29, 0.717) is 10.2 Å². The van der Waals surface area contributed by atoms with Gasteiger partial charge in [0.1, 0.15) is 5.69 Å². The lowest BCUT2D eigenvalue weighted by Crippen LogP contribution is -2.05. The summed E-state index contributed by atoms with van der Waals surface area (Å²) in [5, 5.41) is 13.8. The Hall–Kier alpha value is -0.750. The van der Waals surface area contributed by atoms with Crippen LogP contribution < -0.4 is 5.32 Å². The highest BCUT2D eigenvalue weighted by Gasteiger charge is 2.13. The van der Waals surface area contributed by atoms with Gasteiger partial charge in [0.25, 0.3) is 5.69 Å². The van der Waals surface area contributed by atoms with Gasteiger partial charge < -0.3 is 5.32 Å². The SMILES string of the molecule is CSCCNc1ccc(Br)cc1[N+](=O)[O-]. The third-order valence-electron chi connectivity index (χ3n) is 1.78. The molecule has 6 heteroatoms. The number of hydrogen-bond donors (Lipinski definition) is 1. The van der Waals surface area contributed by atoms with Crippen LogP contribution in [0.2, 0.25) is 0 Å². The Balaban J connectivity index is 2.81. The van der Waals surface area contributed by atoms with Crippen LogP contribution in [0.15, 0.2) is 22.7 Å². The van der Waals surface area contributed by atoms with Crippen LogP contribution in [0.1, 0.15) is 0 Å². The fourth-order valence-corrected chi connectivity index (χ4v) is 1.75. The summed E-state index contributed by atoms with van der Waals surface area (Å²) in [6.45, 7) is 0.726. The number of hydrogen-bond acceptors (Lipinski definition) is 4. The van der Waals surface area contributed by atoms with Gasteiger partial charge in [0.2, 0.25) is 0 Å². The lowest BCUT2D eigenvalue weighted by Gasteiger charge is -2.06. The summed E-state index contributed by atoms with van der Waals surface area (Å²) < 4.78 is 0.713. The minimum absolute atomic E-state index is 0.102. The molecule has 0 aliphatic heterocycles. The Morgan fingerprint density at radius 3 is 2.93 bits per heavy atom. The molecule has 82 valence electrons. The number of rotatable bonds is 5. The molecule has 0 unspecified atom stereocenters. The zero-order chi connectivity index (χ0) is 11.3. The fraction of sp³-hybridized carbons (Fsp3) is 0.333. The molecule has 0 radical (unpaired) electrons. The second-order valence-electron chi connectivity index (χ2n) is 2.84. The van der Waals surface area contributed by atoms with Gasteiger partial charge in [-0.15, -0.1) is 0 Å². The largest absolute Gasteiger partial charge is 0.379 e. The van der Waals surface area contributed by atoms with Crippen molar-refractivity contribution in [3.05, 3.63) is 32.8 Å². The minimum Gasteiger partial charge on any atom is -0.379 e. The highest BCUT2D eigenvalue weighted by molar-refractivity contribution is 9.10. The number of nitrogens with one attached hydrogen (secondary N) is 1. The zero-order valence-corrected chi connectivity index (χ0v) is 10.6. The van der Waals surface area contributed by atoms with Crippen molar-refractivity contribution < 1.29 is 4.92 Å². The molecular weight excluding hydrogens is 280 g/mol. The number of nitrogens with zero attached hydrogens (tertiary/aromatic N) is 1. The van der Waals surface area contributed by atoms with E-state index in [1.165, 1.54) is 6.07 Å². The zero-order valence-electron chi connectivity index (χ0n) is 8.20. The van der Waals surface area contributed by atoms with Crippen LogP contribution in [0.5, 0.6) is 0 Å². The van der Waals surface area contributed by atoms with Crippen molar-refractivity contribution in [1.29, 1.82) is 0 Å². The highest BCUT2D eigenvalue weighted by Crippen LogP contribution is 2.27. The topological polar surface area (TPSA) is 55.2 Å². The molecule has 0 aromatic heterocycles. The van der Waals surface area contributed by atoms with E-state index in [2.05, 4.69) is 21.2 Å². The van der Waals surface area contributed by atoms with Crippen molar-refractivity contribution in [2.75, 3.05) is 23.9 Å². The standard InChI is InChI=1S/C9H11BrN2O2S/c1-15-5-4-11-8-3-2-7(10)6-9(8)12(13)14/h2-3,6,11H,4-5H2,1H3. The molecule has 0 saturated heterocycles. The molecule has 1 aromatic rings. The fourth-order valence-electron chi connectivity index (χ4n) is 1.09. The summed E-state index contributed by atoms with van der Waals surface area (Å²) in [7, 11) is 0. The molecule has 0 amide bonds. The first-order chi connectivity index (χ1) is 7.15. The van der Waals surface area contributed by atoms with Crippen molar-refractivity contribution in [2.24, 2.45) is 0 Å². The molecule has 0 spiro atoms. The van der Waals surface area contributed by atoms with E-state index in [1.54, 1.807) is 23.9 Å². The smallest absolute Gasteiger partial charge is 0.293 e. The summed E-state index contributed by atoms with van der Waals surface area (Å²) in [5.41, 5.74) is 0.669. The molecule has 0 atom stereocenters. The van der Waals surface area contributed by atoms with Crippen molar-refractivity contribution in [3.63, 3.8) is 0 Å². The number of nitro groups is 1. The van der Waals surface area contributed by atoms with Gasteiger partial charge in [0.05, 0.1) is 4.92 Å². The van der Waals surface area contributed by atoms with Crippen molar-refractivity contribution >= 4 is 39.1 Å². The predicted molar refractivity (Wildman–Crippen MR) is 67.7 cm³/mol. The summed E-state index contributed by atoms with van der Waals surface area (Å²) in [5.74, 6) is 0.924. The van der Waals surface area contributed by atoms with Crippen LogP contribution in [-0.2, 0) is 0 Å². The Kier molecular flexibility index (Phi) is 4.90. The van der Waals surface area contributed by atoms with Crippen LogP contribution in [0.4, 0.5) is 11.4 Å². The third-order valence-corrected chi connectivity index (χ3v) is 2.88. The second-order valence-corrected chi connectivity index (χ2v) is 4.74. The molecule has 4 nitrogen and oxygen atoms in total. The van der Waals surface area contributed by atoms with Gasteiger partial charge >= 0.3 is 0 Å². The molecular formula is C9H11BrN2O2S. The second kappa shape index (κ2) is 5.97. The molecule has 15 heavy (non-hydrogen) atoms. The van der Waals surface area contributed by atoms with Crippen LogP contribution in [-0.4, -0.2) is 23.5 Å². The monoisotopic (exact) mass is 290 g/mol. The van der Waals surface area contributed by atoms with E-state index in [9.17, 15) is 10.1 Å². The van der Waals surface area contributed by atoms with Crippen LogP contribution >= 0.6 is 27.7 Å². The van der Waals surface area contributed by atoms with Gasteiger partial charge in [-0.05, 0) is 18.4 Å². The summed E-state index contributed by atoms with van der Waals surface area (Å²) in [6.07, 6.45) is 2.00. The van der Waals surface area contributed by atoms with Crippen molar-refractivity contribution in [2.45, 2.75) is 0 Å². The number of benzene rings is 1. The predicted octanol–water partition coefficient (Wildman–Crippen LogP) is 3.13. The molecule has 0 bridgehead atoms. The summed E-state index contributed by atoms with van der Waals surface area (Å²) >= 11 is 4.91. The number of anilines is 1. The molecule has 0 saturated carbocycles. The normalized spacial score (nSPS) is 10.0. The van der Waals surface area contributed by atoms with Gasteiger partial charge in [-0.2, -0.15) is 11.8 Å². The first-order valence-corrected chi connectivity index (χ1v) is 6.50. The van der Waals surface area contributed by atoms with Gasteiger partial charge in [0, 0.05) is 22.8 Å². The van der Waals surface area contributed by atoms with E-state index in [0.717, 1.165) is 12.3 Å². The first kappa shape index (κ1) is 12.3. The maximum atomic E-state index is 10.7. The summed E-state index contributed by atoms with van der Waals surface area (Å²) in [4.78, 5) is 10.4. The van der Waals surface area contributed by atoms with Gasteiger partial charge in [-0.1, -0.05) is 15.9 Å². The molecule has 0 fully saturated rings. The van der Waals surface area contributed by atoms with Gasteiger partial charge in [-0.3, -0.25) is 10.1 Å². The Labute approximate surface area is 101 Å². The maximum absolute atomic E-state index is 10.7. The lowest BCUT2D eigenvalue weighted by molar-refractivity contribution is -0.384. The van der Waals surface area contributed by atoms with E-state index in [1.807, 2.05) is 6.26 Å². The quantitative estimate of drug-likeness (QED) is 0.514. The highest BCUT2D eigenvalue weighted by atomic mass is 79.9. The van der Waals surface area contributed by atoms with E-state index >= 15 is 0 Å². The van der Waals surface area contributed by atoms with Crippen LogP contribution in [0.3, 0.4) is 0 Å². The minimum atomic E-state index is -0.383. The molecule has 1 N–H and O–H groups in total. The van der Waals surface area contributed by atoms with Crippen molar-refractivity contribution in [1.82, 2.24) is 0 Å². The average molecular weight is 291 g/mol. The first-order valence-electron chi connectivity index (χ1n) is 4.32. The van der Waals surface area contributed by atoms with E-state index in [-0.39, 0.29) is 10.6 Å². The average Bonchev–Trinajstić information content (AvgIpc) is 2.20. The summed E-state index contributed by atoms with van der Waals surface area (Å²) in [6, 6.07) is 5.00. The molecule has 0 aliphatic carbocycles.